The first-order valence-corrected chi connectivity index (χ1v) is 8.58. The molecule has 2 saturated heterocycles. The third kappa shape index (κ3) is 7.36. The van der Waals surface area contributed by atoms with Gasteiger partial charge in [-0.2, -0.15) is 0 Å². The molecular weight excluding hydrogens is 360 g/mol. The molecule has 154 valence electrons. The van der Waals surface area contributed by atoms with E-state index < -0.39 is 23.7 Å². The Morgan fingerprint density at radius 2 is 1.30 bits per heavy atom. The van der Waals surface area contributed by atoms with Crippen molar-refractivity contribution in [2.24, 2.45) is 0 Å². The smallest absolute Gasteiger partial charge is 0.431 e. The van der Waals surface area contributed by atoms with Crippen molar-refractivity contribution >= 4 is 12.3 Å². The summed E-state index contributed by atoms with van der Waals surface area (Å²) < 4.78 is 28.1. The fourth-order valence-electron chi connectivity index (χ4n) is 2.21. The maximum atomic E-state index is 10.6. The number of rotatable bonds is 0. The Morgan fingerprint density at radius 3 is 1.52 bits per heavy atom. The molecular formula is C18H28O9. The van der Waals surface area contributed by atoms with Gasteiger partial charge in [-0.05, 0) is 55.4 Å². The first-order chi connectivity index (χ1) is 12.2. The van der Waals surface area contributed by atoms with Crippen LogP contribution < -0.4 is 5.82 Å². The standard InChI is InChI=1S/C7H12O3.C6H10O3.C5H6O3/c1-5-4-7(2,3)10-6(8)9-5;1-4-6(2,3)9-5(7)8-4;1-3-4(2)8-5(6)7-3/h5H,4H2,1-3H3;4H,1-3H3;1-2H3. The van der Waals surface area contributed by atoms with Crippen molar-refractivity contribution in [2.75, 3.05) is 0 Å². The van der Waals surface area contributed by atoms with Crippen molar-refractivity contribution in [3.63, 3.8) is 0 Å². The van der Waals surface area contributed by atoms with Crippen molar-refractivity contribution in [2.45, 2.75) is 85.2 Å². The summed E-state index contributed by atoms with van der Waals surface area (Å²) in [4.78, 5) is 31.2. The van der Waals surface area contributed by atoms with Gasteiger partial charge < -0.3 is 27.8 Å². The summed E-state index contributed by atoms with van der Waals surface area (Å²) in [5, 5.41) is 0. The molecule has 0 aromatic carbocycles. The molecule has 0 amide bonds. The summed E-state index contributed by atoms with van der Waals surface area (Å²) in [6.07, 6.45) is -0.504. The second kappa shape index (κ2) is 8.49. The van der Waals surface area contributed by atoms with Crippen molar-refractivity contribution in [3.05, 3.63) is 22.1 Å². The van der Waals surface area contributed by atoms with Gasteiger partial charge in [0, 0.05) is 6.42 Å². The lowest BCUT2D eigenvalue weighted by Crippen LogP contribution is -2.39. The fourth-order valence-corrected chi connectivity index (χ4v) is 2.21. The second-order valence-corrected chi connectivity index (χ2v) is 7.53. The molecule has 2 aliphatic heterocycles. The van der Waals surface area contributed by atoms with Crippen LogP contribution in [0.2, 0.25) is 0 Å². The lowest BCUT2D eigenvalue weighted by Gasteiger charge is -2.32. The highest BCUT2D eigenvalue weighted by molar-refractivity contribution is 5.63. The maximum Gasteiger partial charge on any atom is 0.518 e. The van der Waals surface area contributed by atoms with Gasteiger partial charge in [0.15, 0.2) is 0 Å². The zero-order valence-electron chi connectivity index (χ0n) is 17.0. The number of cyclic esters (lactones) is 4. The number of aryl methyl sites for hydroxylation is 2. The molecule has 0 N–H and O–H groups in total. The van der Waals surface area contributed by atoms with E-state index in [9.17, 15) is 14.4 Å². The third-order valence-corrected chi connectivity index (χ3v) is 4.00. The van der Waals surface area contributed by atoms with E-state index in [4.69, 9.17) is 18.9 Å². The summed E-state index contributed by atoms with van der Waals surface area (Å²) in [6, 6.07) is 0. The molecule has 0 bridgehead atoms. The number of hydrogen-bond acceptors (Lipinski definition) is 9. The predicted octanol–water partition coefficient (Wildman–Crippen LogP) is 3.88. The number of carbonyl (C=O) groups excluding carboxylic acids is 2. The van der Waals surface area contributed by atoms with E-state index in [1.54, 1.807) is 13.8 Å². The van der Waals surface area contributed by atoms with Crippen LogP contribution in [0.3, 0.4) is 0 Å². The van der Waals surface area contributed by atoms with Crippen LogP contribution >= 0.6 is 0 Å². The third-order valence-electron chi connectivity index (χ3n) is 4.00. The minimum atomic E-state index is -0.625. The van der Waals surface area contributed by atoms with Crippen molar-refractivity contribution in [1.82, 2.24) is 0 Å². The van der Waals surface area contributed by atoms with Gasteiger partial charge in [-0.1, -0.05) is 0 Å². The molecule has 0 saturated carbocycles. The van der Waals surface area contributed by atoms with Crippen LogP contribution in [0, 0.1) is 13.8 Å². The van der Waals surface area contributed by atoms with Crippen LogP contribution in [-0.4, -0.2) is 35.7 Å². The second-order valence-electron chi connectivity index (χ2n) is 7.53. The molecule has 9 heteroatoms. The number of hydrogen-bond donors (Lipinski definition) is 0. The van der Waals surface area contributed by atoms with Gasteiger partial charge in [0.1, 0.15) is 34.9 Å². The van der Waals surface area contributed by atoms with Crippen molar-refractivity contribution in [3.8, 4) is 0 Å². The molecule has 3 rings (SSSR count). The maximum absolute atomic E-state index is 10.6. The largest absolute Gasteiger partial charge is 0.518 e. The molecule has 2 fully saturated rings. The van der Waals surface area contributed by atoms with Gasteiger partial charge in [-0.15, -0.1) is 0 Å². The van der Waals surface area contributed by atoms with Crippen molar-refractivity contribution < 1.29 is 37.4 Å². The Kier molecular flexibility index (Phi) is 7.11. The van der Waals surface area contributed by atoms with E-state index in [0.29, 0.717) is 11.5 Å². The van der Waals surface area contributed by atoms with Gasteiger partial charge in [-0.3, -0.25) is 0 Å². The highest BCUT2D eigenvalue weighted by Gasteiger charge is 2.40. The Hall–Kier alpha value is -2.45. The normalized spacial score (nSPS) is 24.7. The highest BCUT2D eigenvalue weighted by atomic mass is 16.8. The van der Waals surface area contributed by atoms with Crippen molar-refractivity contribution in [1.29, 1.82) is 0 Å². The number of ether oxygens (including phenoxy) is 4. The van der Waals surface area contributed by atoms with Crippen LogP contribution in [0.1, 0.15) is 59.5 Å². The Morgan fingerprint density at radius 1 is 0.815 bits per heavy atom. The molecule has 0 radical (unpaired) electrons. The van der Waals surface area contributed by atoms with E-state index in [1.807, 2.05) is 41.5 Å². The van der Waals surface area contributed by atoms with Gasteiger partial charge >= 0.3 is 18.1 Å². The van der Waals surface area contributed by atoms with Gasteiger partial charge in [-0.25, -0.2) is 14.4 Å². The molecule has 0 aliphatic carbocycles. The average Bonchev–Trinajstić information content (AvgIpc) is 2.84. The monoisotopic (exact) mass is 388 g/mol. The lowest BCUT2D eigenvalue weighted by atomic mass is 10.0. The summed E-state index contributed by atoms with van der Waals surface area (Å²) in [5.41, 5.74) is -0.800. The summed E-state index contributed by atoms with van der Waals surface area (Å²) in [7, 11) is 0. The van der Waals surface area contributed by atoms with Crippen LogP contribution in [0.25, 0.3) is 0 Å². The molecule has 2 unspecified atom stereocenters. The average molecular weight is 388 g/mol. The summed E-state index contributed by atoms with van der Waals surface area (Å²) in [6.45, 7) is 14.4. The molecule has 1 aromatic rings. The SMILES string of the molecule is CC1CC(C)(C)OC(=O)O1.CC1OC(=O)OC1(C)C.Cc1oc(=O)oc1C. The van der Waals surface area contributed by atoms with Crippen LogP contribution in [0.4, 0.5) is 9.59 Å². The Balaban J connectivity index is 0.000000204. The van der Waals surface area contributed by atoms with E-state index in [0.717, 1.165) is 6.42 Å². The van der Waals surface area contributed by atoms with Crippen LogP contribution in [0.5, 0.6) is 0 Å². The fraction of sp³-hybridized carbons (Fsp3) is 0.722. The molecule has 9 nitrogen and oxygen atoms in total. The molecule has 3 heterocycles. The number of carbonyl (C=O) groups is 2. The highest BCUT2D eigenvalue weighted by Crippen LogP contribution is 2.25. The van der Waals surface area contributed by atoms with Gasteiger partial charge in [0.25, 0.3) is 0 Å². The van der Waals surface area contributed by atoms with Crippen LogP contribution in [0.15, 0.2) is 13.6 Å². The molecule has 0 spiro atoms. The minimum absolute atomic E-state index is 0.0174. The lowest BCUT2D eigenvalue weighted by molar-refractivity contribution is -0.0930. The molecule has 2 aliphatic rings. The Labute approximate surface area is 157 Å². The quantitative estimate of drug-likeness (QED) is 0.611. The van der Waals surface area contributed by atoms with E-state index in [1.165, 1.54) is 0 Å². The van der Waals surface area contributed by atoms with Gasteiger partial charge in [0.2, 0.25) is 0 Å². The predicted molar refractivity (Wildman–Crippen MR) is 93.5 cm³/mol. The summed E-state index contributed by atoms with van der Waals surface area (Å²) >= 11 is 0. The zero-order chi connectivity index (χ0) is 21.0. The van der Waals surface area contributed by atoms with Crippen LogP contribution in [-0.2, 0) is 18.9 Å². The minimum Gasteiger partial charge on any atom is -0.431 e. The van der Waals surface area contributed by atoms with E-state index in [-0.39, 0.29) is 17.8 Å². The molecule has 2 atom stereocenters. The molecule has 27 heavy (non-hydrogen) atoms. The topological polar surface area (TPSA) is 114 Å². The molecule has 1 aromatic heterocycles. The van der Waals surface area contributed by atoms with Gasteiger partial charge in [0.05, 0.1) is 0 Å². The summed E-state index contributed by atoms with van der Waals surface area (Å²) in [5.74, 6) is 0.477. The zero-order valence-corrected chi connectivity index (χ0v) is 17.0. The first kappa shape index (κ1) is 22.6. The Bertz CT molecular complexity index is 688. The van der Waals surface area contributed by atoms with E-state index >= 15 is 0 Å². The first-order valence-electron chi connectivity index (χ1n) is 8.58. The van der Waals surface area contributed by atoms with E-state index in [2.05, 4.69) is 8.83 Å².